The maximum atomic E-state index is 13.4. The zero-order valence-corrected chi connectivity index (χ0v) is 17.9. The van der Waals surface area contributed by atoms with E-state index < -0.39 is 42.1 Å². The number of rotatable bonds is 8. The second kappa shape index (κ2) is 10.0. The number of likely N-dealkylation sites (N-methyl/N-ethyl adjacent to an activating group) is 1. The molecule has 0 aliphatic rings. The molecule has 32 heavy (non-hydrogen) atoms. The summed E-state index contributed by atoms with van der Waals surface area (Å²) in [6, 6.07) is 12.4. The van der Waals surface area contributed by atoms with Crippen molar-refractivity contribution in [3.63, 3.8) is 0 Å². The van der Waals surface area contributed by atoms with Crippen LogP contribution in [-0.2, 0) is 34.0 Å². The largest absolute Gasteiger partial charge is 0.454 e. The number of hydrogen-bond acceptors (Lipinski definition) is 5. The lowest BCUT2D eigenvalue weighted by atomic mass is 10.2. The van der Waals surface area contributed by atoms with Crippen molar-refractivity contribution < 1.29 is 18.7 Å². The normalized spacial score (nSPS) is 10.8. The fraction of sp³-hybridized carbons (Fsp3) is 0.304. The number of nitrogens with zero attached hydrogens (tertiary/aromatic N) is 3. The Balaban J connectivity index is 1.72. The van der Waals surface area contributed by atoms with Gasteiger partial charge in [-0.3, -0.25) is 23.5 Å². The van der Waals surface area contributed by atoms with Crippen molar-refractivity contribution in [1.82, 2.24) is 14.0 Å². The smallest absolute Gasteiger partial charge is 0.332 e. The summed E-state index contributed by atoms with van der Waals surface area (Å²) in [5.41, 5.74) is -0.118. The van der Waals surface area contributed by atoms with Crippen LogP contribution in [-0.4, -0.2) is 39.1 Å². The van der Waals surface area contributed by atoms with Gasteiger partial charge in [0.1, 0.15) is 12.4 Å². The third kappa shape index (κ3) is 4.93. The summed E-state index contributed by atoms with van der Waals surface area (Å²) in [4.78, 5) is 51.5. The Morgan fingerprint density at radius 3 is 2.47 bits per heavy atom. The molecule has 3 rings (SSSR count). The molecule has 3 aromatic rings. The molecule has 0 unspecified atom stereocenters. The molecule has 168 valence electrons. The van der Waals surface area contributed by atoms with E-state index in [1.165, 1.54) is 17.0 Å². The van der Waals surface area contributed by atoms with E-state index in [1.807, 2.05) is 0 Å². The minimum absolute atomic E-state index is 0.154. The minimum Gasteiger partial charge on any atom is -0.454 e. The van der Waals surface area contributed by atoms with E-state index in [-0.39, 0.29) is 13.1 Å². The topological polar surface area (TPSA) is 90.6 Å². The van der Waals surface area contributed by atoms with Crippen LogP contribution < -0.4 is 11.2 Å². The average molecular weight is 441 g/mol. The van der Waals surface area contributed by atoms with E-state index in [1.54, 1.807) is 50.2 Å². The SMILES string of the molecule is CCN(Cc1cccc(F)c1)C(=O)COC(=O)Cn1c(=O)n(CC)c(=O)c2ccccc21. The number of fused-ring (bicyclic) bond motifs is 1. The zero-order chi connectivity index (χ0) is 23.3. The minimum atomic E-state index is -0.784. The number of para-hydroxylation sites is 1. The van der Waals surface area contributed by atoms with Gasteiger partial charge in [-0.1, -0.05) is 24.3 Å². The third-order valence-electron chi connectivity index (χ3n) is 5.09. The molecule has 0 saturated heterocycles. The molecule has 1 amide bonds. The Bertz CT molecular complexity index is 1260. The van der Waals surface area contributed by atoms with Crippen molar-refractivity contribution in [1.29, 1.82) is 0 Å². The van der Waals surface area contributed by atoms with Gasteiger partial charge in [-0.15, -0.1) is 0 Å². The van der Waals surface area contributed by atoms with E-state index in [0.29, 0.717) is 23.0 Å². The molecular weight excluding hydrogens is 417 g/mol. The van der Waals surface area contributed by atoms with Gasteiger partial charge in [-0.05, 0) is 43.7 Å². The summed E-state index contributed by atoms with van der Waals surface area (Å²) in [5.74, 6) is -1.63. The number of esters is 1. The van der Waals surface area contributed by atoms with Gasteiger partial charge in [-0.25, -0.2) is 9.18 Å². The van der Waals surface area contributed by atoms with Crippen LogP contribution in [0.2, 0.25) is 0 Å². The fourth-order valence-corrected chi connectivity index (χ4v) is 3.44. The molecular formula is C23H24FN3O5. The Morgan fingerprint density at radius 1 is 1.03 bits per heavy atom. The molecule has 0 spiro atoms. The number of aromatic nitrogens is 2. The first-order valence-electron chi connectivity index (χ1n) is 10.3. The monoisotopic (exact) mass is 441 g/mol. The molecule has 0 N–H and O–H groups in total. The van der Waals surface area contributed by atoms with Crippen LogP contribution in [0, 0.1) is 5.82 Å². The number of carbonyl (C=O) groups excluding carboxylic acids is 2. The van der Waals surface area contributed by atoms with Gasteiger partial charge in [0.05, 0.1) is 10.9 Å². The van der Waals surface area contributed by atoms with Crippen molar-refractivity contribution >= 4 is 22.8 Å². The predicted octanol–water partition coefficient (Wildman–Crippen LogP) is 1.91. The van der Waals surface area contributed by atoms with Crippen LogP contribution >= 0.6 is 0 Å². The van der Waals surface area contributed by atoms with Crippen molar-refractivity contribution in [2.45, 2.75) is 33.5 Å². The van der Waals surface area contributed by atoms with Gasteiger partial charge in [0, 0.05) is 19.6 Å². The molecule has 0 bridgehead atoms. The molecule has 2 aromatic carbocycles. The second-order valence-electron chi connectivity index (χ2n) is 7.13. The van der Waals surface area contributed by atoms with Gasteiger partial charge in [-0.2, -0.15) is 0 Å². The van der Waals surface area contributed by atoms with Crippen molar-refractivity contribution in [2.75, 3.05) is 13.2 Å². The van der Waals surface area contributed by atoms with Gasteiger partial charge in [0.25, 0.3) is 11.5 Å². The quantitative estimate of drug-likeness (QED) is 0.498. The molecule has 0 radical (unpaired) electrons. The Labute approximate surface area is 183 Å². The highest BCUT2D eigenvalue weighted by Gasteiger charge is 2.18. The summed E-state index contributed by atoms with van der Waals surface area (Å²) in [5, 5.41) is 0.310. The Hall–Kier alpha value is -3.75. The van der Waals surface area contributed by atoms with E-state index in [9.17, 15) is 23.6 Å². The zero-order valence-electron chi connectivity index (χ0n) is 17.9. The molecule has 0 saturated carbocycles. The van der Waals surface area contributed by atoms with Gasteiger partial charge < -0.3 is 9.64 Å². The highest BCUT2D eigenvalue weighted by atomic mass is 19.1. The van der Waals surface area contributed by atoms with Crippen LogP contribution in [0.1, 0.15) is 19.4 Å². The van der Waals surface area contributed by atoms with Gasteiger partial charge in [0.15, 0.2) is 6.61 Å². The van der Waals surface area contributed by atoms with E-state index in [2.05, 4.69) is 0 Å². The standard InChI is InChI=1S/C23H24FN3O5/c1-3-25(13-16-8-7-9-17(24)12-16)20(28)15-32-21(29)14-27-19-11-6-5-10-18(19)22(30)26(4-2)23(27)31/h5-12H,3-4,13-15H2,1-2H3. The predicted molar refractivity (Wildman–Crippen MR) is 117 cm³/mol. The van der Waals surface area contributed by atoms with E-state index >= 15 is 0 Å². The highest BCUT2D eigenvalue weighted by Crippen LogP contribution is 2.09. The Kier molecular flexibility index (Phi) is 7.19. The third-order valence-corrected chi connectivity index (χ3v) is 5.09. The first-order chi connectivity index (χ1) is 15.3. The summed E-state index contributed by atoms with van der Waals surface area (Å²) in [6.45, 7) is 3.15. The summed E-state index contributed by atoms with van der Waals surface area (Å²) in [7, 11) is 0. The number of benzene rings is 2. The number of halogens is 1. The summed E-state index contributed by atoms with van der Waals surface area (Å²) in [6.07, 6.45) is 0. The molecule has 0 aliphatic carbocycles. The maximum absolute atomic E-state index is 13.4. The van der Waals surface area contributed by atoms with E-state index in [0.717, 1.165) is 9.13 Å². The second-order valence-corrected chi connectivity index (χ2v) is 7.13. The van der Waals surface area contributed by atoms with Crippen LogP contribution in [0.15, 0.2) is 58.1 Å². The molecule has 0 fully saturated rings. The van der Waals surface area contributed by atoms with Crippen molar-refractivity contribution in [3.8, 4) is 0 Å². The molecule has 8 nitrogen and oxygen atoms in total. The summed E-state index contributed by atoms with van der Waals surface area (Å²) >= 11 is 0. The average Bonchev–Trinajstić information content (AvgIpc) is 2.79. The summed E-state index contributed by atoms with van der Waals surface area (Å²) < 4.78 is 20.7. The molecule has 1 heterocycles. The maximum Gasteiger partial charge on any atom is 0.332 e. The van der Waals surface area contributed by atoms with Gasteiger partial charge in [0.2, 0.25) is 0 Å². The highest BCUT2D eigenvalue weighted by molar-refractivity contribution is 5.82. The van der Waals surface area contributed by atoms with Crippen molar-refractivity contribution in [2.24, 2.45) is 0 Å². The molecule has 9 heteroatoms. The number of ether oxygens (including phenoxy) is 1. The lowest BCUT2D eigenvalue weighted by Crippen LogP contribution is -2.41. The van der Waals surface area contributed by atoms with E-state index in [4.69, 9.17) is 4.74 Å². The first kappa shape index (κ1) is 22.9. The first-order valence-corrected chi connectivity index (χ1v) is 10.3. The van der Waals surface area contributed by atoms with Crippen LogP contribution in [0.3, 0.4) is 0 Å². The Morgan fingerprint density at radius 2 is 1.78 bits per heavy atom. The molecule has 1 aromatic heterocycles. The molecule has 0 aliphatic heterocycles. The van der Waals surface area contributed by atoms with Crippen LogP contribution in [0.25, 0.3) is 10.9 Å². The number of carbonyl (C=O) groups is 2. The lowest BCUT2D eigenvalue weighted by molar-refractivity contribution is -0.152. The number of amides is 1. The molecule has 0 atom stereocenters. The fourth-order valence-electron chi connectivity index (χ4n) is 3.44. The van der Waals surface area contributed by atoms with Crippen molar-refractivity contribution in [3.05, 3.63) is 80.7 Å². The lowest BCUT2D eigenvalue weighted by Gasteiger charge is -2.21. The van der Waals surface area contributed by atoms with Crippen LogP contribution in [0.5, 0.6) is 0 Å². The van der Waals surface area contributed by atoms with Gasteiger partial charge >= 0.3 is 11.7 Å². The van der Waals surface area contributed by atoms with Crippen LogP contribution in [0.4, 0.5) is 4.39 Å². The number of hydrogen-bond donors (Lipinski definition) is 0.